The van der Waals surface area contributed by atoms with Crippen molar-refractivity contribution in [2.24, 2.45) is 0 Å². The van der Waals surface area contributed by atoms with Crippen LogP contribution in [-0.2, 0) is 14.3 Å². The number of halogens is 2. The molecule has 1 amide bonds. The van der Waals surface area contributed by atoms with Crippen molar-refractivity contribution in [3.63, 3.8) is 0 Å². The molecule has 11 nitrogen and oxygen atoms in total. The van der Waals surface area contributed by atoms with Crippen molar-refractivity contribution in [1.82, 2.24) is 29.7 Å². The molecule has 0 aliphatic carbocycles. The van der Waals surface area contributed by atoms with Gasteiger partial charge in [0.2, 0.25) is 11.9 Å². The first-order valence-electron chi connectivity index (χ1n) is 12.7. The minimum atomic E-state index is -2.81. The molecule has 1 unspecified atom stereocenters. The Bertz CT molecular complexity index is 1260. The highest BCUT2D eigenvalue weighted by atomic mass is 19.3. The Balaban J connectivity index is 1.48. The summed E-state index contributed by atoms with van der Waals surface area (Å²) in [5.74, 6) is 0.448. The SMILES string of the molecule is CNCC1CN(C(=O)[C@H](C)Nc2nc(N3CCOCC3)cc(-n3c(C(F)F)nc4ccccc43)n2)CCO1. The van der Waals surface area contributed by atoms with Gasteiger partial charge in [-0.25, -0.2) is 13.8 Å². The quantitative estimate of drug-likeness (QED) is 0.451. The number of nitrogens with zero attached hydrogens (tertiary/aromatic N) is 6. The summed E-state index contributed by atoms with van der Waals surface area (Å²) in [6.07, 6.45) is -2.90. The molecule has 13 heteroatoms. The van der Waals surface area contributed by atoms with Crippen molar-refractivity contribution < 1.29 is 23.0 Å². The molecule has 2 aliphatic heterocycles. The zero-order valence-electron chi connectivity index (χ0n) is 21.4. The van der Waals surface area contributed by atoms with E-state index in [2.05, 4.69) is 25.6 Å². The number of likely N-dealkylation sites (N-methyl/N-ethyl adjacent to an activating group) is 1. The first-order valence-corrected chi connectivity index (χ1v) is 12.7. The lowest BCUT2D eigenvalue weighted by atomic mass is 10.2. The van der Waals surface area contributed by atoms with Crippen LogP contribution >= 0.6 is 0 Å². The maximum atomic E-state index is 14.1. The van der Waals surface area contributed by atoms with Crippen molar-refractivity contribution in [2.75, 3.05) is 69.8 Å². The van der Waals surface area contributed by atoms with E-state index < -0.39 is 18.3 Å². The second kappa shape index (κ2) is 11.5. The van der Waals surface area contributed by atoms with Gasteiger partial charge in [-0.1, -0.05) is 12.1 Å². The lowest BCUT2D eigenvalue weighted by Gasteiger charge is -2.34. The van der Waals surface area contributed by atoms with Gasteiger partial charge in [0.15, 0.2) is 5.82 Å². The van der Waals surface area contributed by atoms with Crippen molar-refractivity contribution in [2.45, 2.75) is 25.5 Å². The molecule has 2 atom stereocenters. The number of benzene rings is 1. The number of ether oxygens (including phenoxy) is 2. The fourth-order valence-corrected chi connectivity index (χ4v) is 4.79. The molecule has 204 valence electrons. The third kappa shape index (κ3) is 5.54. The van der Waals surface area contributed by atoms with Crippen LogP contribution in [0.25, 0.3) is 16.9 Å². The number of carbonyl (C=O) groups excluding carboxylic acids is 1. The maximum Gasteiger partial charge on any atom is 0.296 e. The number of fused-ring (bicyclic) bond motifs is 1. The predicted molar refractivity (Wildman–Crippen MR) is 138 cm³/mol. The Labute approximate surface area is 219 Å². The summed E-state index contributed by atoms with van der Waals surface area (Å²) in [5, 5.41) is 6.19. The molecule has 2 N–H and O–H groups in total. The van der Waals surface area contributed by atoms with Gasteiger partial charge in [0.1, 0.15) is 17.7 Å². The topological polar surface area (TPSA) is 110 Å². The number of carbonyl (C=O) groups is 1. The monoisotopic (exact) mass is 530 g/mol. The zero-order valence-corrected chi connectivity index (χ0v) is 21.4. The van der Waals surface area contributed by atoms with E-state index in [0.29, 0.717) is 69.4 Å². The number of para-hydroxylation sites is 2. The molecule has 2 aromatic heterocycles. The van der Waals surface area contributed by atoms with E-state index >= 15 is 0 Å². The van der Waals surface area contributed by atoms with E-state index in [1.165, 1.54) is 4.57 Å². The van der Waals surface area contributed by atoms with E-state index in [-0.39, 0.29) is 23.8 Å². The van der Waals surface area contributed by atoms with E-state index in [1.54, 1.807) is 42.2 Å². The van der Waals surface area contributed by atoms with Crippen molar-refractivity contribution in [3.05, 3.63) is 36.2 Å². The Kier molecular flexibility index (Phi) is 7.95. The van der Waals surface area contributed by atoms with E-state index in [9.17, 15) is 13.6 Å². The summed E-state index contributed by atoms with van der Waals surface area (Å²) in [6, 6.07) is 7.96. The molecule has 5 rings (SSSR count). The molecule has 0 spiro atoms. The van der Waals surface area contributed by atoms with Gasteiger partial charge in [0, 0.05) is 38.8 Å². The van der Waals surface area contributed by atoms with Gasteiger partial charge in [0.05, 0.1) is 37.0 Å². The second-order valence-electron chi connectivity index (χ2n) is 9.30. The van der Waals surface area contributed by atoms with E-state index in [1.807, 2.05) is 11.9 Å². The van der Waals surface area contributed by atoms with E-state index in [4.69, 9.17) is 9.47 Å². The third-order valence-electron chi connectivity index (χ3n) is 6.64. The fourth-order valence-electron chi connectivity index (χ4n) is 4.79. The number of hydrogen-bond donors (Lipinski definition) is 2. The lowest BCUT2D eigenvalue weighted by molar-refractivity contribution is -0.139. The highest BCUT2D eigenvalue weighted by Gasteiger charge is 2.28. The van der Waals surface area contributed by atoms with Gasteiger partial charge >= 0.3 is 0 Å². The maximum absolute atomic E-state index is 14.1. The van der Waals surface area contributed by atoms with Crippen LogP contribution in [0.5, 0.6) is 0 Å². The van der Waals surface area contributed by atoms with Crippen LogP contribution in [-0.4, -0.2) is 102 Å². The average Bonchev–Trinajstić information content (AvgIpc) is 3.33. The number of amides is 1. The van der Waals surface area contributed by atoms with Gasteiger partial charge < -0.3 is 29.9 Å². The Morgan fingerprint density at radius 3 is 2.63 bits per heavy atom. The van der Waals surface area contributed by atoms with Gasteiger partial charge in [-0.2, -0.15) is 9.97 Å². The highest BCUT2D eigenvalue weighted by Crippen LogP contribution is 2.29. The number of aromatic nitrogens is 4. The molecule has 38 heavy (non-hydrogen) atoms. The van der Waals surface area contributed by atoms with Crippen LogP contribution < -0.4 is 15.5 Å². The van der Waals surface area contributed by atoms with Crippen molar-refractivity contribution in [1.29, 1.82) is 0 Å². The smallest absolute Gasteiger partial charge is 0.296 e. The van der Waals surface area contributed by atoms with E-state index in [0.717, 1.165) is 0 Å². The summed E-state index contributed by atoms with van der Waals surface area (Å²) < 4.78 is 40.7. The van der Waals surface area contributed by atoms with Gasteiger partial charge in [0.25, 0.3) is 6.43 Å². The van der Waals surface area contributed by atoms with Gasteiger partial charge in [-0.3, -0.25) is 9.36 Å². The van der Waals surface area contributed by atoms with Crippen LogP contribution in [0.1, 0.15) is 19.2 Å². The van der Waals surface area contributed by atoms with Crippen LogP contribution in [0.3, 0.4) is 0 Å². The first-order chi connectivity index (χ1) is 18.4. The number of alkyl halides is 2. The standard InChI is InChI=1S/C25H32F2N8O3/c1-16(24(36)34-9-12-38-17(15-34)14-28-2)29-25-31-20(33-7-10-37-11-8-33)13-21(32-25)35-19-6-4-3-5-18(19)30-23(35)22(26)27/h3-6,13,16-17,22,28H,7-12,14-15H2,1-2H3,(H,29,31,32)/t16-,17?/m0/s1. The average molecular weight is 531 g/mol. The molecule has 0 saturated carbocycles. The third-order valence-corrected chi connectivity index (χ3v) is 6.64. The molecule has 0 bridgehead atoms. The fraction of sp³-hybridized carbons (Fsp3) is 0.520. The Morgan fingerprint density at radius 1 is 1.11 bits per heavy atom. The second-order valence-corrected chi connectivity index (χ2v) is 9.30. The Morgan fingerprint density at radius 2 is 1.87 bits per heavy atom. The largest absolute Gasteiger partial charge is 0.378 e. The number of imidazole rings is 1. The molecule has 3 aromatic rings. The van der Waals surface area contributed by atoms with Gasteiger partial charge in [-0.05, 0) is 26.1 Å². The first kappa shape index (κ1) is 26.2. The summed E-state index contributed by atoms with van der Waals surface area (Å²) in [5.41, 5.74) is 0.948. The summed E-state index contributed by atoms with van der Waals surface area (Å²) in [4.78, 5) is 30.4. The molecule has 2 fully saturated rings. The van der Waals surface area contributed by atoms with Crippen molar-refractivity contribution in [3.8, 4) is 5.82 Å². The summed E-state index contributed by atoms with van der Waals surface area (Å²) >= 11 is 0. The number of anilines is 2. The molecular weight excluding hydrogens is 498 g/mol. The normalized spacial score (nSPS) is 19.2. The van der Waals surface area contributed by atoms with Crippen molar-refractivity contribution >= 4 is 28.7 Å². The van der Waals surface area contributed by atoms with Crippen LogP contribution in [0.4, 0.5) is 20.5 Å². The van der Waals surface area contributed by atoms with Crippen LogP contribution in [0.15, 0.2) is 30.3 Å². The van der Waals surface area contributed by atoms with Crippen LogP contribution in [0.2, 0.25) is 0 Å². The minimum absolute atomic E-state index is 0.0836. The molecule has 2 aliphatic rings. The Hall–Kier alpha value is -3.42. The number of hydrogen-bond acceptors (Lipinski definition) is 9. The molecule has 1 aromatic carbocycles. The lowest BCUT2D eigenvalue weighted by Crippen LogP contribution is -2.52. The molecule has 0 radical (unpaired) electrons. The highest BCUT2D eigenvalue weighted by molar-refractivity contribution is 5.84. The molecule has 4 heterocycles. The number of morpholine rings is 2. The molecule has 2 saturated heterocycles. The summed E-state index contributed by atoms with van der Waals surface area (Å²) in [6.45, 7) is 6.05. The molecular formula is C25H32F2N8O3. The number of nitrogens with one attached hydrogen (secondary N) is 2. The summed E-state index contributed by atoms with van der Waals surface area (Å²) in [7, 11) is 1.84. The predicted octanol–water partition coefficient (Wildman–Crippen LogP) is 1.84. The van der Waals surface area contributed by atoms with Gasteiger partial charge in [-0.15, -0.1) is 0 Å². The zero-order chi connectivity index (χ0) is 26.6. The van der Waals surface area contributed by atoms with Crippen LogP contribution in [0, 0.1) is 0 Å². The minimum Gasteiger partial charge on any atom is -0.378 e. The number of rotatable bonds is 8.